The van der Waals surface area contributed by atoms with E-state index in [4.69, 9.17) is 5.84 Å². The number of nitrogens with two attached hydrogens (primary N) is 1. The molecule has 0 spiro atoms. The van der Waals surface area contributed by atoms with E-state index in [1.165, 1.54) is 5.69 Å². The lowest BCUT2D eigenvalue weighted by Gasteiger charge is -2.45. The van der Waals surface area contributed by atoms with Gasteiger partial charge in [0, 0.05) is 30.5 Å². The van der Waals surface area contributed by atoms with Crippen molar-refractivity contribution in [1.29, 1.82) is 0 Å². The average Bonchev–Trinajstić information content (AvgIpc) is 2.86. The van der Waals surface area contributed by atoms with Crippen LogP contribution in [0.25, 0.3) is 0 Å². The quantitative estimate of drug-likeness (QED) is 0.534. The van der Waals surface area contributed by atoms with Crippen LogP contribution in [0.5, 0.6) is 0 Å². The van der Waals surface area contributed by atoms with Gasteiger partial charge in [0.05, 0.1) is 0 Å². The molecule has 0 bridgehead atoms. The average molecular weight is 281 g/mol. The van der Waals surface area contributed by atoms with Gasteiger partial charge in [0.2, 0.25) is 0 Å². The lowest BCUT2D eigenvalue weighted by Crippen LogP contribution is -2.61. The number of aryl methyl sites for hydroxylation is 2. The van der Waals surface area contributed by atoms with Gasteiger partial charge in [0.25, 0.3) is 0 Å². The summed E-state index contributed by atoms with van der Waals surface area (Å²) in [6, 6.07) is 2.34. The summed E-state index contributed by atoms with van der Waals surface area (Å²) in [4.78, 5) is 2.50. The van der Waals surface area contributed by atoms with Crippen molar-refractivity contribution >= 4 is 0 Å². The van der Waals surface area contributed by atoms with Crippen molar-refractivity contribution in [2.45, 2.75) is 58.5 Å². The fourth-order valence-electron chi connectivity index (χ4n) is 3.15. The molecule has 0 aliphatic heterocycles. The highest BCUT2D eigenvalue weighted by atomic mass is 15.3. The molecule has 0 aliphatic carbocycles. The molecule has 2 unspecified atom stereocenters. The van der Waals surface area contributed by atoms with Crippen molar-refractivity contribution in [3.8, 4) is 0 Å². The highest BCUT2D eigenvalue weighted by molar-refractivity contribution is 5.03. The molecule has 5 heteroatoms. The van der Waals surface area contributed by atoms with E-state index in [1.807, 2.05) is 17.9 Å². The maximum absolute atomic E-state index is 5.86. The Labute approximate surface area is 123 Å². The van der Waals surface area contributed by atoms with Crippen molar-refractivity contribution in [3.05, 3.63) is 18.0 Å². The molecule has 2 atom stereocenters. The van der Waals surface area contributed by atoms with Crippen LogP contribution in [0.4, 0.5) is 0 Å². The minimum Gasteiger partial charge on any atom is -0.297 e. The minimum absolute atomic E-state index is 0.0802. The van der Waals surface area contributed by atoms with E-state index in [1.54, 1.807) is 0 Å². The van der Waals surface area contributed by atoms with Gasteiger partial charge in [-0.05, 0) is 45.3 Å². The number of likely N-dealkylation sites (N-methyl/N-ethyl adjacent to an activating group) is 1. The number of hydrazine groups is 1. The van der Waals surface area contributed by atoms with E-state index < -0.39 is 0 Å². The molecule has 20 heavy (non-hydrogen) atoms. The fourth-order valence-corrected chi connectivity index (χ4v) is 3.15. The van der Waals surface area contributed by atoms with Crippen LogP contribution in [0.2, 0.25) is 0 Å². The second-order valence-corrected chi connectivity index (χ2v) is 5.59. The predicted octanol–water partition coefficient (Wildman–Crippen LogP) is 1.70. The zero-order valence-corrected chi connectivity index (χ0v) is 13.7. The summed E-state index contributed by atoms with van der Waals surface area (Å²) in [7, 11) is 1.99. The number of hydrogen-bond acceptors (Lipinski definition) is 4. The Morgan fingerprint density at radius 3 is 2.45 bits per heavy atom. The van der Waals surface area contributed by atoms with Crippen molar-refractivity contribution in [1.82, 2.24) is 20.1 Å². The molecule has 0 radical (unpaired) electrons. The van der Waals surface area contributed by atoms with Gasteiger partial charge in [-0.3, -0.25) is 20.9 Å². The molecule has 1 rings (SSSR count). The Hall–Kier alpha value is -0.910. The molecule has 0 fully saturated rings. The van der Waals surface area contributed by atoms with Gasteiger partial charge in [0.15, 0.2) is 0 Å². The maximum atomic E-state index is 5.86. The number of hydrogen-bond donors (Lipinski definition) is 2. The molecule has 0 aliphatic rings. The monoisotopic (exact) mass is 281 g/mol. The smallest absolute Gasteiger partial charge is 0.0492 e. The van der Waals surface area contributed by atoms with E-state index in [9.17, 15) is 0 Å². The number of rotatable bonds is 9. The first-order valence-corrected chi connectivity index (χ1v) is 7.71. The summed E-state index contributed by atoms with van der Waals surface area (Å²) in [6.45, 7) is 11.1. The molecule has 0 saturated carbocycles. The predicted molar refractivity (Wildman–Crippen MR) is 84.3 cm³/mol. The Morgan fingerprint density at radius 1 is 1.40 bits per heavy atom. The van der Waals surface area contributed by atoms with Gasteiger partial charge in [-0.25, -0.2) is 0 Å². The van der Waals surface area contributed by atoms with Crippen LogP contribution in [-0.4, -0.2) is 39.4 Å². The lowest BCUT2D eigenvalue weighted by atomic mass is 9.84. The summed E-state index contributed by atoms with van der Waals surface area (Å²) in [5, 5.41) is 4.22. The molecule has 0 amide bonds. The standard InChI is InChI=1S/C15H31N5/c1-6-15(4,20(7-2)8-3)14(18-16)10-9-13-11-12-17-19(13)5/h11-12,14,18H,6-10,16H2,1-5H3. The van der Waals surface area contributed by atoms with Gasteiger partial charge >= 0.3 is 0 Å². The zero-order valence-electron chi connectivity index (χ0n) is 13.7. The third kappa shape index (κ3) is 3.59. The van der Waals surface area contributed by atoms with E-state index in [0.29, 0.717) is 0 Å². The van der Waals surface area contributed by atoms with Crippen LogP contribution in [-0.2, 0) is 13.5 Å². The Balaban J connectivity index is 2.79. The van der Waals surface area contributed by atoms with E-state index in [2.05, 4.69) is 49.2 Å². The summed E-state index contributed by atoms with van der Waals surface area (Å²) >= 11 is 0. The first-order valence-electron chi connectivity index (χ1n) is 7.71. The van der Waals surface area contributed by atoms with Crippen LogP contribution in [0.3, 0.4) is 0 Å². The highest BCUT2D eigenvalue weighted by Crippen LogP contribution is 2.26. The first kappa shape index (κ1) is 17.1. The van der Waals surface area contributed by atoms with Crippen LogP contribution in [0.15, 0.2) is 12.3 Å². The molecule has 116 valence electrons. The van der Waals surface area contributed by atoms with Crippen molar-refractivity contribution in [2.24, 2.45) is 12.9 Å². The Morgan fingerprint density at radius 2 is 2.05 bits per heavy atom. The third-order valence-corrected chi connectivity index (χ3v) is 4.77. The topological polar surface area (TPSA) is 59.1 Å². The van der Waals surface area contributed by atoms with E-state index in [0.717, 1.165) is 32.4 Å². The van der Waals surface area contributed by atoms with Gasteiger partial charge < -0.3 is 0 Å². The molecule has 1 aromatic heterocycles. The SMILES string of the molecule is CCN(CC)C(C)(CC)C(CCc1ccnn1C)NN. The van der Waals surface area contributed by atoms with Gasteiger partial charge in [-0.2, -0.15) is 5.10 Å². The third-order valence-electron chi connectivity index (χ3n) is 4.77. The first-order chi connectivity index (χ1) is 9.53. The highest BCUT2D eigenvalue weighted by Gasteiger charge is 2.36. The zero-order chi connectivity index (χ0) is 15.2. The second-order valence-electron chi connectivity index (χ2n) is 5.59. The van der Waals surface area contributed by atoms with E-state index >= 15 is 0 Å². The van der Waals surface area contributed by atoms with Gasteiger partial charge in [0.1, 0.15) is 0 Å². The Kier molecular flexibility index (Phi) is 6.65. The number of nitrogens with zero attached hydrogens (tertiary/aromatic N) is 3. The summed E-state index contributed by atoms with van der Waals surface area (Å²) < 4.78 is 1.94. The van der Waals surface area contributed by atoms with Crippen molar-refractivity contribution in [2.75, 3.05) is 13.1 Å². The molecular weight excluding hydrogens is 250 g/mol. The second kappa shape index (κ2) is 7.76. The molecule has 0 saturated heterocycles. The molecule has 1 aromatic rings. The van der Waals surface area contributed by atoms with Crippen molar-refractivity contribution in [3.63, 3.8) is 0 Å². The van der Waals surface area contributed by atoms with Crippen LogP contribution < -0.4 is 11.3 Å². The minimum atomic E-state index is 0.0802. The molecule has 0 aromatic carbocycles. The maximum Gasteiger partial charge on any atom is 0.0492 e. The van der Waals surface area contributed by atoms with E-state index in [-0.39, 0.29) is 11.6 Å². The number of aromatic nitrogens is 2. The fraction of sp³-hybridized carbons (Fsp3) is 0.800. The number of nitrogens with one attached hydrogen (secondary N) is 1. The summed E-state index contributed by atoms with van der Waals surface area (Å²) in [5.74, 6) is 5.86. The Bertz CT molecular complexity index is 385. The van der Waals surface area contributed by atoms with Crippen LogP contribution >= 0.6 is 0 Å². The summed E-state index contributed by atoms with van der Waals surface area (Å²) in [5.41, 5.74) is 4.39. The van der Waals surface area contributed by atoms with Crippen LogP contribution in [0, 0.1) is 0 Å². The molecule has 3 N–H and O–H groups in total. The van der Waals surface area contributed by atoms with Gasteiger partial charge in [-0.15, -0.1) is 0 Å². The summed E-state index contributed by atoms with van der Waals surface area (Å²) in [6.07, 6.45) is 4.93. The van der Waals surface area contributed by atoms with Crippen molar-refractivity contribution < 1.29 is 0 Å². The lowest BCUT2D eigenvalue weighted by molar-refractivity contribution is 0.0666. The normalized spacial score (nSPS) is 16.4. The van der Waals surface area contributed by atoms with Gasteiger partial charge in [-0.1, -0.05) is 20.8 Å². The largest absolute Gasteiger partial charge is 0.297 e. The molecular formula is C15H31N5. The molecule has 1 heterocycles. The molecule has 5 nitrogen and oxygen atoms in total. The van der Waals surface area contributed by atoms with Crippen LogP contribution in [0.1, 0.15) is 46.2 Å².